The van der Waals surface area contributed by atoms with Gasteiger partial charge in [-0.15, -0.1) is 0 Å². The lowest BCUT2D eigenvalue weighted by Crippen LogP contribution is -2.09. The van der Waals surface area contributed by atoms with Gasteiger partial charge in [-0.1, -0.05) is 214 Å². The lowest BCUT2D eigenvalue weighted by atomic mass is 10.1. The Morgan fingerprint density at radius 1 is 0.233 bits per heavy atom. The molecule has 90 heavy (non-hydrogen) atoms. The van der Waals surface area contributed by atoms with E-state index in [0.29, 0.717) is 0 Å². The summed E-state index contributed by atoms with van der Waals surface area (Å²) in [5.74, 6) is 0. The van der Waals surface area contributed by atoms with Crippen LogP contribution in [0.25, 0.3) is 90.1 Å². The van der Waals surface area contributed by atoms with E-state index in [4.69, 9.17) is 13.3 Å². The minimum Gasteiger partial charge on any atom is -0.456 e. The quantitative estimate of drug-likeness (QED) is 0.123. The van der Waals surface area contributed by atoms with Crippen LogP contribution in [0.4, 0.5) is 45.5 Å². The number of anilines is 8. The number of furan rings is 3. The van der Waals surface area contributed by atoms with Crippen molar-refractivity contribution < 1.29 is 13.3 Å². The zero-order valence-electron chi connectivity index (χ0n) is 48.7. The summed E-state index contributed by atoms with van der Waals surface area (Å²) in [4.78, 5) is 4.58. The first-order valence-electron chi connectivity index (χ1n) is 29.7. The number of hydrogen-bond donors (Lipinski definition) is 1. The molecule has 0 atom stereocenters. The molecule has 0 fully saturated rings. The van der Waals surface area contributed by atoms with Crippen LogP contribution in [0.15, 0.2) is 338 Å². The first kappa shape index (κ1) is 56.9. The van der Waals surface area contributed by atoms with Crippen molar-refractivity contribution in [3.63, 3.8) is 0 Å². The molecule has 16 rings (SSSR count). The van der Waals surface area contributed by atoms with Crippen LogP contribution in [0.2, 0.25) is 0 Å². The Balaban J connectivity index is 0.000000159. The van der Waals surface area contributed by atoms with Crippen LogP contribution < -0.4 is 15.1 Å². The highest BCUT2D eigenvalue weighted by Gasteiger charge is 2.18. The van der Waals surface area contributed by atoms with Crippen LogP contribution in [0, 0.1) is 0 Å². The van der Waals surface area contributed by atoms with E-state index >= 15 is 0 Å². The molecule has 0 unspecified atom stereocenters. The molecule has 0 aliphatic heterocycles. The van der Waals surface area contributed by atoms with Gasteiger partial charge in [0.1, 0.15) is 33.5 Å². The Hall–Kier alpha value is -10.9. The molecule has 0 saturated carbocycles. The molecule has 3 aromatic heterocycles. The predicted octanol–water partition coefficient (Wildman–Crippen LogP) is 25.3. The van der Waals surface area contributed by atoms with Gasteiger partial charge in [0, 0.05) is 86.8 Å². The molecule has 6 nitrogen and oxygen atoms in total. The Labute approximate surface area is 538 Å². The molecule has 0 aliphatic rings. The Kier molecular flexibility index (Phi) is 16.6. The number of halogens is 2. The molecule has 432 valence electrons. The summed E-state index contributed by atoms with van der Waals surface area (Å²) in [7, 11) is 0. The highest BCUT2D eigenvalue weighted by Crippen LogP contribution is 2.41. The fourth-order valence-corrected chi connectivity index (χ4v) is 11.8. The molecule has 3 heterocycles. The Bertz CT molecular complexity index is 4910. The maximum Gasteiger partial charge on any atom is 0.135 e. The molecular formula is C82H57Br2N3O3. The van der Waals surface area contributed by atoms with Gasteiger partial charge < -0.3 is 28.4 Å². The first-order valence-corrected chi connectivity index (χ1v) is 31.3. The van der Waals surface area contributed by atoms with E-state index in [1.54, 1.807) is 0 Å². The Morgan fingerprint density at radius 2 is 0.522 bits per heavy atom. The third kappa shape index (κ3) is 12.8. The number of benzene rings is 13. The SMILES string of the molecule is Brc1ccc(/C=C/c2ccc(Br)cc2)cc1.C(=C\c1ccc(N(c2ccccc2)c2ccc3oc4ccccc4c3c2)cc1)/c1ccc(N(c2ccccc2)c2ccc3oc4ccccc4c3c2)cc1.c1ccc(Nc2ccc3oc4ccccc4c3c2)cc1. The van der Waals surface area contributed by atoms with E-state index in [1.807, 2.05) is 97.1 Å². The van der Waals surface area contributed by atoms with Gasteiger partial charge in [-0.25, -0.2) is 0 Å². The number of hydrogen-bond acceptors (Lipinski definition) is 6. The minimum atomic E-state index is 0.888. The fourth-order valence-electron chi connectivity index (χ4n) is 11.2. The number of rotatable bonds is 12. The van der Waals surface area contributed by atoms with Crippen LogP contribution in [-0.2, 0) is 0 Å². The maximum absolute atomic E-state index is 6.13. The summed E-state index contributed by atoms with van der Waals surface area (Å²) < 4.78 is 20.3. The lowest BCUT2D eigenvalue weighted by Gasteiger charge is -2.25. The molecule has 8 heteroatoms. The van der Waals surface area contributed by atoms with Gasteiger partial charge in [0.15, 0.2) is 0 Å². The largest absolute Gasteiger partial charge is 0.456 e. The average molecular weight is 1290 g/mol. The van der Waals surface area contributed by atoms with Crippen molar-refractivity contribution in [3.8, 4) is 0 Å². The molecule has 0 spiro atoms. The van der Waals surface area contributed by atoms with E-state index in [1.165, 1.54) is 11.1 Å². The van der Waals surface area contributed by atoms with Crippen molar-refractivity contribution in [3.05, 3.63) is 347 Å². The minimum absolute atomic E-state index is 0.888. The maximum atomic E-state index is 6.13. The van der Waals surface area contributed by atoms with E-state index < -0.39 is 0 Å². The summed E-state index contributed by atoms with van der Waals surface area (Å²) in [6, 6.07) is 109. The van der Waals surface area contributed by atoms with Gasteiger partial charge >= 0.3 is 0 Å². The van der Waals surface area contributed by atoms with Crippen LogP contribution in [-0.4, -0.2) is 0 Å². The molecule has 0 aliphatic carbocycles. The molecule has 0 saturated heterocycles. The van der Waals surface area contributed by atoms with Gasteiger partial charge in [0.25, 0.3) is 0 Å². The molecule has 16 aromatic rings. The van der Waals surface area contributed by atoms with Gasteiger partial charge in [-0.2, -0.15) is 0 Å². The second kappa shape index (κ2) is 26.2. The smallest absolute Gasteiger partial charge is 0.135 e. The first-order chi connectivity index (χ1) is 44.4. The van der Waals surface area contributed by atoms with Gasteiger partial charge in [0.2, 0.25) is 0 Å². The van der Waals surface area contributed by atoms with E-state index in [2.05, 4.69) is 290 Å². The fraction of sp³-hybridized carbons (Fsp3) is 0. The van der Waals surface area contributed by atoms with Crippen molar-refractivity contribution in [1.29, 1.82) is 0 Å². The monoisotopic (exact) mass is 1290 g/mol. The molecule has 13 aromatic carbocycles. The van der Waals surface area contributed by atoms with Crippen LogP contribution in [0.5, 0.6) is 0 Å². The van der Waals surface area contributed by atoms with Crippen LogP contribution in [0.3, 0.4) is 0 Å². The second-order valence-electron chi connectivity index (χ2n) is 21.7. The van der Waals surface area contributed by atoms with E-state index in [0.717, 1.165) is 131 Å². The van der Waals surface area contributed by atoms with Crippen molar-refractivity contribution in [1.82, 2.24) is 0 Å². The van der Waals surface area contributed by atoms with Crippen molar-refractivity contribution in [2.45, 2.75) is 0 Å². The summed E-state index contributed by atoms with van der Waals surface area (Å²) in [5, 5.41) is 10.1. The van der Waals surface area contributed by atoms with E-state index in [-0.39, 0.29) is 0 Å². The van der Waals surface area contributed by atoms with Gasteiger partial charge in [0.05, 0.1) is 0 Å². The topological polar surface area (TPSA) is 57.9 Å². The average Bonchev–Trinajstić information content (AvgIpc) is 1.85. The highest BCUT2D eigenvalue weighted by atomic mass is 79.9. The summed E-state index contributed by atoms with van der Waals surface area (Å²) >= 11 is 6.84. The number of para-hydroxylation sites is 6. The van der Waals surface area contributed by atoms with Crippen LogP contribution in [0.1, 0.15) is 22.3 Å². The lowest BCUT2D eigenvalue weighted by molar-refractivity contribution is 0.668. The van der Waals surface area contributed by atoms with Gasteiger partial charge in [-0.3, -0.25) is 0 Å². The zero-order valence-corrected chi connectivity index (χ0v) is 51.9. The number of fused-ring (bicyclic) bond motifs is 9. The van der Waals surface area contributed by atoms with Crippen LogP contribution >= 0.6 is 31.9 Å². The van der Waals surface area contributed by atoms with Crippen molar-refractivity contribution >= 4 is 167 Å². The highest BCUT2D eigenvalue weighted by molar-refractivity contribution is 9.10. The molecule has 0 radical (unpaired) electrons. The Morgan fingerprint density at radius 3 is 0.911 bits per heavy atom. The zero-order chi connectivity index (χ0) is 60.6. The molecule has 0 bridgehead atoms. The predicted molar refractivity (Wildman–Crippen MR) is 386 cm³/mol. The molecule has 0 amide bonds. The van der Waals surface area contributed by atoms with E-state index in [9.17, 15) is 0 Å². The standard InChI is InChI=1S/C50H34N2O2.C18H13NO.C14H10Br2/c1-3-11-37(12-4-1)51(41-29-31-49-45(33-41)43-15-7-9-17-47(43)53-49)39-25-21-35(22-26-39)19-20-36-23-27-40(28-24-36)52(38-13-5-2-6-14-38)42-30-32-50-46(34-42)44-16-8-10-18-48(44)54-50;1-2-6-13(7-3-1)19-14-10-11-18-16(12-14)15-8-4-5-9-17(15)20-18;15-13-7-3-11(4-8-13)1-2-12-5-9-14(16)10-6-12/h1-34H;1-12,19H;1-10H/b20-19+;;2-1+. The number of nitrogens with one attached hydrogen (secondary N) is 1. The van der Waals surface area contributed by atoms with Gasteiger partial charge in [-0.05, 0) is 180 Å². The molecule has 1 N–H and O–H groups in total. The number of nitrogens with zero attached hydrogens (tertiary/aromatic N) is 2. The summed E-state index contributed by atoms with van der Waals surface area (Å²) in [6.45, 7) is 0. The summed E-state index contributed by atoms with van der Waals surface area (Å²) in [5.41, 5.74) is 18.7. The third-order valence-electron chi connectivity index (χ3n) is 15.7. The molecular weight excluding hydrogens is 1230 g/mol. The second-order valence-corrected chi connectivity index (χ2v) is 23.5. The third-order valence-corrected chi connectivity index (χ3v) is 16.7. The van der Waals surface area contributed by atoms with Crippen molar-refractivity contribution in [2.24, 2.45) is 0 Å². The normalized spacial score (nSPS) is 11.4. The van der Waals surface area contributed by atoms with Crippen molar-refractivity contribution in [2.75, 3.05) is 15.1 Å². The summed E-state index contributed by atoms with van der Waals surface area (Å²) in [6.07, 6.45) is 8.55.